The Labute approximate surface area is 121 Å². The second-order valence-corrected chi connectivity index (χ2v) is 5.74. The molecule has 1 aromatic carbocycles. The van der Waals surface area contributed by atoms with Gasteiger partial charge in [0.05, 0.1) is 6.10 Å². The molecule has 106 valence electrons. The molecule has 1 fully saturated rings. The van der Waals surface area contributed by atoms with E-state index in [9.17, 15) is 0 Å². The van der Waals surface area contributed by atoms with Crippen molar-refractivity contribution in [2.75, 3.05) is 13.2 Å². The highest BCUT2D eigenvalue weighted by Gasteiger charge is 2.18. The van der Waals surface area contributed by atoms with E-state index in [-0.39, 0.29) is 0 Å². The van der Waals surface area contributed by atoms with E-state index in [1.807, 2.05) is 6.92 Å². The van der Waals surface area contributed by atoms with E-state index in [0.29, 0.717) is 12.1 Å². The molecule has 2 atom stereocenters. The molecular weight excluding hydrogens is 258 g/mol. The van der Waals surface area contributed by atoms with Crippen molar-refractivity contribution in [2.24, 2.45) is 0 Å². The number of rotatable bonds is 6. The molecule has 0 aliphatic carbocycles. The number of halogens is 1. The molecule has 3 heteroatoms. The summed E-state index contributed by atoms with van der Waals surface area (Å²) < 4.78 is 5.71. The topological polar surface area (TPSA) is 21.3 Å². The van der Waals surface area contributed by atoms with Crippen LogP contribution in [0.25, 0.3) is 0 Å². The SMILES string of the molecule is CCNC(CCC1CCCO1)c1ccc(C)c(Cl)c1. The van der Waals surface area contributed by atoms with E-state index in [0.717, 1.165) is 36.6 Å². The smallest absolute Gasteiger partial charge is 0.0576 e. The summed E-state index contributed by atoms with van der Waals surface area (Å²) in [6, 6.07) is 6.77. The molecule has 0 spiro atoms. The lowest BCUT2D eigenvalue weighted by molar-refractivity contribution is 0.0996. The Morgan fingerprint density at radius 2 is 2.32 bits per heavy atom. The van der Waals surface area contributed by atoms with Crippen LogP contribution in [0.3, 0.4) is 0 Å². The van der Waals surface area contributed by atoms with Crippen LogP contribution in [0.5, 0.6) is 0 Å². The van der Waals surface area contributed by atoms with Gasteiger partial charge >= 0.3 is 0 Å². The van der Waals surface area contributed by atoms with E-state index >= 15 is 0 Å². The summed E-state index contributed by atoms with van der Waals surface area (Å²) in [7, 11) is 0. The zero-order valence-electron chi connectivity index (χ0n) is 11.9. The number of benzene rings is 1. The Morgan fingerprint density at radius 3 is 2.95 bits per heavy atom. The fourth-order valence-corrected chi connectivity index (χ4v) is 2.87. The zero-order chi connectivity index (χ0) is 13.7. The average molecular weight is 282 g/mol. The van der Waals surface area contributed by atoms with Gasteiger partial charge in [0.25, 0.3) is 0 Å². The normalized spacial score (nSPS) is 20.7. The summed E-state index contributed by atoms with van der Waals surface area (Å²) in [5.41, 5.74) is 2.43. The van der Waals surface area contributed by atoms with Crippen LogP contribution in [0.2, 0.25) is 5.02 Å². The third-order valence-corrected chi connectivity index (χ3v) is 4.26. The highest BCUT2D eigenvalue weighted by atomic mass is 35.5. The lowest BCUT2D eigenvalue weighted by Gasteiger charge is -2.20. The van der Waals surface area contributed by atoms with E-state index in [1.165, 1.54) is 18.4 Å². The van der Waals surface area contributed by atoms with Crippen molar-refractivity contribution in [3.8, 4) is 0 Å². The van der Waals surface area contributed by atoms with Gasteiger partial charge < -0.3 is 10.1 Å². The Kier molecular flexibility index (Phi) is 5.68. The summed E-state index contributed by atoms with van der Waals surface area (Å²) in [4.78, 5) is 0. The first-order chi connectivity index (χ1) is 9.20. The molecule has 19 heavy (non-hydrogen) atoms. The average Bonchev–Trinajstić information content (AvgIpc) is 2.91. The van der Waals surface area contributed by atoms with Gasteiger partial charge in [-0.2, -0.15) is 0 Å². The van der Waals surface area contributed by atoms with Gasteiger partial charge in [0, 0.05) is 17.7 Å². The summed E-state index contributed by atoms with van der Waals surface area (Å²) in [6.07, 6.45) is 5.13. The van der Waals surface area contributed by atoms with Gasteiger partial charge in [0.15, 0.2) is 0 Å². The number of hydrogen-bond donors (Lipinski definition) is 1. The van der Waals surface area contributed by atoms with Crippen molar-refractivity contribution < 1.29 is 4.74 Å². The van der Waals surface area contributed by atoms with Crippen molar-refractivity contribution in [2.45, 2.75) is 51.7 Å². The van der Waals surface area contributed by atoms with Crippen molar-refractivity contribution >= 4 is 11.6 Å². The molecule has 1 aromatic rings. The monoisotopic (exact) mass is 281 g/mol. The molecule has 0 aromatic heterocycles. The van der Waals surface area contributed by atoms with E-state index in [1.54, 1.807) is 0 Å². The maximum atomic E-state index is 6.23. The van der Waals surface area contributed by atoms with Crippen LogP contribution in [-0.4, -0.2) is 19.3 Å². The molecule has 1 aliphatic rings. The van der Waals surface area contributed by atoms with Crippen LogP contribution in [0.15, 0.2) is 18.2 Å². The van der Waals surface area contributed by atoms with Crippen LogP contribution < -0.4 is 5.32 Å². The number of aryl methyl sites for hydroxylation is 1. The molecule has 0 amide bonds. The Bertz CT molecular complexity index is 402. The fraction of sp³-hybridized carbons (Fsp3) is 0.625. The van der Waals surface area contributed by atoms with Crippen molar-refractivity contribution in [3.63, 3.8) is 0 Å². The minimum Gasteiger partial charge on any atom is -0.378 e. The van der Waals surface area contributed by atoms with Crippen LogP contribution in [-0.2, 0) is 4.74 Å². The Balaban J connectivity index is 1.99. The fourth-order valence-electron chi connectivity index (χ4n) is 2.68. The maximum absolute atomic E-state index is 6.23. The number of ether oxygens (including phenoxy) is 1. The second-order valence-electron chi connectivity index (χ2n) is 5.33. The first kappa shape index (κ1) is 14.8. The second kappa shape index (κ2) is 7.28. The predicted molar refractivity (Wildman–Crippen MR) is 80.8 cm³/mol. The molecule has 2 rings (SSSR count). The third kappa shape index (κ3) is 4.20. The summed E-state index contributed by atoms with van der Waals surface area (Å²) in [5, 5.41) is 4.41. The standard InChI is InChI=1S/C16H24ClNO/c1-3-18-16(9-8-14-5-4-10-19-14)13-7-6-12(2)15(17)11-13/h6-7,11,14,16,18H,3-5,8-10H2,1-2H3. The van der Waals surface area contributed by atoms with Gasteiger partial charge in [-0.1, -0.05) is 30.7 Å². The molecular formula is C16H24ClNO. The molecule has 1 heterocycles. The minimum atomic E-state index is 0.382. The Morgan fingerprint density at radius 1 is 1.47 bits per heavy atom. The molecule has 1 N–H and O–H groups in total. The highest BCUT2D eigenvalue weighted by molar-refractivity contribution is 6.31. The molecule has 0 radical (unpaired) electrons. The number of hydrogen-bond acceptors (Lipinski definition) is 2. The minimum absolute atomic E-state index is 0.382. The molecule has 0 saturated carbocycles. The first-order valence-electron chi connectivity index (χ1n) is 7.31. The van der Waals surface area contributed by atoms with E-state index in [2.05, 4.69) is 30.4 Å². The molecule has 2 nitrogen and oxygen atoms in total. The largest absolute Gasteiger partial charge is 0.378 e. The van der Waals surface area contributed by atoms with E-state index < -0.39 is 0 Å². The number of nitrogens with one attached hydrogen (secondary N) is 1. The third-order valence-electron chi connectivity index (χ3n) is 3.85. The summed E-state index contributed by atoms with van der Waals surface area (Å²) in [6.45, 7) is 6.10. The maximum Gasteiger partial charge on any atom is 0.0576 e. The summed E-state index contributed by atoms with van der Waals surface area (Å²) >= 11 is 6.23. The molecule has 0 bridgehead atoms. The predicted octanol–water partition coefficient (Wildman–Crippen LogP) is 4.26. The molecule has 1 saturated heterocycles. The lowest BCUT2D eigenvalue weighted by atomic mass is 9.98. The molecule has 1 aliphatic heterocycles. The van der Waals surface area contributed by atoms with E-state index in [4.69, 9.17) is 16.3 Å². The van der Waals surface area contributed by atoms with Gasteiger partial charge in [-0.25, -0.2) is 0 Å². The van der Waals surface area contributed by atoms with Crippen LogP contribution in [0.1, 0.15) is 49.8 Å². The highest BCUT2D eigenvalue weighted by Crippen LogP contribution is 2.27. The van der Waals surface area contributed by atoms with Crippen molar-refractivity contribution in [1.29, 1.82) is 0 Å². The first-order valence-corrected chi connectivity index (χ1v) is 7.69. The quantitative estimate of drug-likeness (QED) is 0.841. The van der Waals surface area contributed by atoms with Gasteiger partial charge in [-0.3, -0.25) is 0 Å². The van der Waals surface area contributed by atoms with Crippen LogP contribution in [0, 0.1) is 6.92 Å². The van der Waals surface area contributed by atoms with Crippen molar-refractivity contribution in [1.82, 2.24) is 5.32 Å². The van der Waals surface area contributed by atoms with Gasteiger partial charge in [0.2, 0.25) is 0 Å². The molecule has 2 unspecified atom stereocenters. The van der Waals surface area contributed by atoms with Crippen molar-refractivity contribution in [3.05, 3.63) is 34.3 Å². The van der Waals surface area contributed by atoms with Crippen LogP contribution in [0.4, 0.5) is 0 Å². The Hall–Kier alpha value is -0.570. The van der Waals surface area contributed by atoms with Gasteiger partial charge in [-0.15, -0.1) is 0 Å². The van der Waals surface area contributed by atoms with Crippen LogP contribution >= 0.6 is 11.6 Å². The lowest BCUT2D eigenvalue weighted by Crippen LogP contribution is -2.22. The van der Waals surface area contributed by atoms with Gasteiger partial charge in [0.1, 0.15) is 0 Å². The van der Waals surface area contributed by atoms with Gasteiger partial charge in [-0.05, 0) is 56.3 Å². The summed E-state index contributed by atoms with van der Waals surface area (Å²) in [5.74, 6) is 0. The zero-order valence-corrected chi connectivity index (χ0v) is 12.7.